The van der Waals surface area contributed by atoms with E-state index in [0.29, 0.717) is 24.3 Å². The molecule has 1 fully saturated rings. The number of rotatable bonds is 7. The number of nitrogens with one attached hydrogen (secondary N) is 2. The summed E-state index contributed by atoms with van der Waals surface area (Å²) in [5.41, 5.74) is 2.50. The number of hydrogen-bond donors (Lipinski definition) is 2. The van der Waals surface area contributed by atoms with Gasteiger partial charge in [0.25, 0.3) is 0 Å². The van der Waals surface area contributed by atoms with Crippen molar-refractivity contribution >= 4 is 23.2 Å². The number of thiazole rings is 1. The zero-order valence-electron chi connectivity index (χ0n) is 18.2. The summed E-state index contributed by atoms with van der Waals surface area (Å²) in [7, 11) is 1.72. The molecule has 1 saturated heterocycles. The zero-order valence-corrected chi connectivity index (χ0v) is 19.0. The Kier molecular flexibility index (Phi) is 8.25. The fourth-order valence-electron chi connectivity index (χ4n) is 3.66. The first kappa shape index (κ1) is 22.3. The molecule has 2 aromatic rings. The number of nitrogens with zero attached hydrogens (tertiary/aromatic N) is 3. The average molecular weight is 428 g/mol. The highest BCUT2D eigenvalue weighted by Gasteiger charge is 2.23. The average Bonchev–Trinajstić information content (AvgIpc) is 3.24. The molecular weight excluding hydrogens is 394 g/mol. The molecular formula is C23H33N5OS. The number of carbonyl (C=O) groups excluding carboxylic acids is 1. The van der Waals surface area contributed by atoms with Crippen LogP contribution in [-0.2, 0) is 17.8 Å². The van der Waals surface area contributed by atoms with Crippen molar-refractivity contribution in [2.45, 2.75) is 45.6 Å². The van der Waals surface area contributed by atoms with Gasteiger partial charge >= 0.3 is 0 Å². The summed E-state index contributed by atoms with van der Waals surface area (Å²) < 4.78 is 0. The van der Waals surface area contributed by atoms with Crippen LogP contribution in [0.25, 0.3) is 0 Å². The molecule has 1 aromatic heterocycles. The molecule has 7 heteroatoms. The molecule has 0 bridgehead atoms. The normalized spacial score (nSPS) is 15.5. The van der Waals surface area contributed by atoms with Crippen LogP contribution in [0.4, 0.5) is 0 Å². The number of benzene rings is 1. The van der Waals surface area contributed by atoms with Crippen LogP contribution in [0.5, 0.6) is 0 Å². The molecule has 0 unspecified atom stereocenters. The van der Waals surface area contributed by atoms with Crippen molar-refractivity contribution in [3.63, 3.8) is 0 Å². The van der Waals surface area contributed by atoms with Crippen molar-refractivity contribution in [3.05, 3.63) is 52.0 Å². The van der Waals surface area contributed by atoms with E-state index in [1.165, 1.54) is 5.56 Å². The van der Waals surface area contributed by atoms with Gasteiger partial charge < -0.3 is 15.5 Å². The summed E-state index contributed by atoms with van der Waals surface area (Å²) in [6, 6.07) is 10.6. The van der Waals surface area contributed by atoms with Crippen molar-refractivity contribution in [1.29, 1.82) is 0 Å². The van der Waals surface area contributed by atoms with E-state index in [0.717, 1.165) is 43.1 Å². The van der Waals surface area contributed by atoms with Crippen molar-refractivity contribution in [2.24, 2.45) is 10.9 Å². The predicted molar refractivity (Wildman–Crippen MR) is 124 cm³/mol. The Morgan fingerprint density at radius 2 is 1.97 bits per heavy atom. The minimum absolute atomic E-state index is 0.132. The predicted octanol–water partition coefficient (Wildman–Crippen LogP) is 3.41. The quantitative estimate of drug-likeness (QED) is 0.525. The van der Waals surface area contributed by atoms with Crippen LogP contribution < -0.4 is 10.6 Å². The molecule has 2 N–H and O–H groups in total. The minimum atomic E-state index is 0.132. The SMILES string of the molecule is CN=C(NCC(=O)N1CCC(Cc2ccccc2)CC1)NCc1nc(C(C)C)cs1. The van der Waals surface area contributed by atoms with Crippen LogP contribution in [-0.4, -0.2) is 48.4 Å². The maximum atomic E-state index is 12.6. The fraction of sp³-hybridized carbons (Fsp3) is 0.522. The second kappa shape index (κ2) is 11.1. The summed E-state index contributed by atoms with van der Waals surface area (Å²) in [4.78, 5) is 23.4. The Hall–Kier alpha value is -2.41. The van der Waals surface area contributed by atoms with E-state index < -0.39 is 0 Å². The van der Waals surface area contributed by atoms with Crippen molar-refractivity contribution in [2.75, 3.05) is 26.7 Å². The van der Waals surface area contributed by atoms with Crippen molar-refractivity contribution in [3.8, 4) is 0 Å². The van der Waals surface area contributed by atoms with Gasteiger partial charge in [0.05, 0.1) is 18.8 Å². The van der Waals surface area contributed by atoms with Crippen molar-refractivity contribution < 1.29 is 4.79 Å². The number of aliphatic imine (C=N–C) groups is 1. The number of amides is 1. The molecule has 1 aromatic carbocycles. The van der Waals surface area contributed by atoms with Gasteiger partial charge in [-0.1, -0.05) is 44.2 Å². The lowest BCUT2D eigenvalue weighted by Crippen LogP contribution is -2.46. The van der Waals surface area contributed by atoms with E-state index in [1.807, 2.05) is 4.90 Å². The Morgan fingerprint density at radius 1 is 1.23 bits per heavy atom. The van der Waals surface area contributed by atoms with E-state index in [1.54, 1.807) is 18.4 Å². The molecule has 2 heterocycles. The minimum Gasteiger partial charge on any atom is -0.350 e. The lowest BCUT2D eigenvalue weighted by Gasteiger charge is -2.32. The van der Waals surface area contributed by atoms with Crippen LogP contribution in [0.15, 0.2) is 40.7 Å². The smallest absolute Gasteiger partial charge is 0.241 e. The van der Waals surface area contributed by atoms with Crippen LogP contribution in [0.3, 0.4) is 0 Å². The Morgan fingerprint density at radius 3 is 2.60 bits per heavy atom. The van der Waals surface area contributed by atoms with Gasteiger partial charge in [0, 0.05) is 25.5 Å². The van der Waals surface area contributed by atoms with Gasteiger partial charge in [-0.3, -0.25) is 9.79 Å². The molecule has 0 radical (unpaired) electrons. The number of guanidine groups is 1. The number of likely N-dealkylation sites (tertiary alicyclic amines) is 1. The molecule has 6 nitrogen and oxygen atoms in total. The Labute approximate surface area is 183 Å². The van der Waals surface area contributed by atoms with Crippen LogP contribution in [0, 0.1) is 5.92 Å². The largest absolute Gasteiger partial charge is 0.350 e. The maximum absolute atomic E-state index is 12.6. The maximum Gasteiger partial charge on any atom is 0.241 e. The number of piperidine rings is 1. The van der Waals surface area contributed by atoms with E-state index in [2.05, 4.69) is 70.2 Å². The van der Waals surface area contributed by atoms with Crippen molar-refractivity contribution in [1.82, 2.24) is 20.5 Å². The van der Waals surface area contributed by atoms with Crippen LogP contribution in [0.2, 0.25) is 0 Å². The summed E-state index contributed by atoms with van der Waals surface area (Å²) in [6.45, 7) is 6.82. The zero-order chi connectivity index (χ0) is 21.3. The van der Waals surface area contributed by atoms with Gasteiger partial charge in [0.1, 0.15) is 5.01 Å². The van der Waals surface area contributed by atoms with Gasteiger partial charge in [0.2, 0.25) is 5.91 Å². The van der Waals surface area contributed by atoms with E-state index in [-0.39, 0.29) is 12.5 Å². The molecule has 162 valence electrons. The number of aromatic nitrogens is 1. The van der Waals surface area contributed by atoms with E-state index in [4.69, 9.17) is 0 Å². The highest BCUT2D eigenvalue weighted by molar-refractivity contribution is 7.09. The summed E-state index contributed by atoms with van der Waals surface area (Å²) in [6.07, 6.45) is 3.23. The number of carbonyl (C=O) groups is 1. The third-order valence-corrected chi connectivity index (χ3v) is 6.40. The highest BCUT2D eigenvalue weighted by Crippen LogP contribution is 2.21. The highest BCUT2D eigenvalue weighted by atomic mass is 32.1. The van der Waals surface area contributed by atoms with Gasteiger partial charge in [-0.2, -0.15) is 0 Å². The first-order valence-corrected chi connectivity index (χ1v) is 11.6. The van der Waals surface area contributed by atoms with E-state index >= 15 is 0 Å². The van der Waals surface area contributed by atoms with Gasteiger partial charge in [-0.15, -0.1) is 11.3 Å². The lowest BCUT2D eigenvalue weighted by molar-refractivity contribution is -0.131. The first-order chi connectivity index (χ1) is 14.5. The second-order valence-electron chi connectivity index (χ2n) is 8.11. The van der Waals surface area contributed by atoms with Gasteiger partial charge in [-0.05, 0) is 36.7 Å². The molecule has 1 aliphatic heterocycles. The van der Waals surface area contributed by atoms with Gasteiger partial charge in [0.15, 0.2) is 5.96 Å². The second-order valence-corrected chi connectivity index (χ2v) is 9.06. The Balaban J connectivity index is 1.37. The van der Waals surface area contributed by atoms with E-state index in [9.17, 15) is 4.79 Å². The molecule has 3 rings (SSSR count). The molecule has 1 aliphatic rings. The third-order valence-electron chi connectivity index (χ3n) is 5.53. The summed E-state index contributed by atoms with van der Waals surface area (Å²) in [5.74, 6) is 1.85. The molecule has 0 saturated carbocycles. The molecule has 30 heavy (non-hydrogen) atoms. The monoisotopic (exact) mass is 427 g/mol. The fourth-order valence-corrected chi connectivity index (χ4v) is 4.55. The van der Waals surface area contributed by atoms with Crippen LogP contribution >= 0.6 is 11.3 Å². The molecule has 0 aliphatic carbocycles. The first-order valence-electron chi connectivity index (χ1n) is 10.8. The standard InChI is InChI=1S/C23H33N5OS/c1-17(2)20-16-30-21(27-20)14-25-23(24-3)26-15-22(29)28-11-9-19(10-12-28)13-18-7-5-4-6-8-18/h4-8,16-17,19H,9-15H2,1-3H3,(H2,24,25,26). The summed E-state index contributed by atoms with van der Waals surface area (Å²) >= 11 is 1.65. The third kappa shape index (κ3) is 6.55. The topological polar surface area (TPSA) is 69.6 Å². The lowest BCUT2D eigenvalue weighted by atomic mass is 9.90. The molecule has 0 atom stereocenters. The van der Waals surface area contributed by atoms with Gasteiger partial charge in [-0.25, -0.2) is 4.98 Å². The summed E-state index contributed by atoms with van der Waals surface area (Å²) in [5, 5.41) is 9.51. The number of hydrogen-bond acceptors (Lipinski definition) is 4. The molecule has 0 spiro atoms. The Bertz CT molecular complexity index is 825. The molecule has 1 amide bonds. The van der Waals surface area contributed by atoms with Crippen LogP contribution in [0.1, 0.15) is 48.9 Å².